The third kappa shape index (κ3) is 3.51. The minimum atomic E-state index is -1.05. The average Bonchev–Trinajstić information content (AvgIpc) is 2.72. The van der Waals surface area contributed by atoms with Crippen LogP contribution in [-0.2, 0) is 11.2 Å². The van der Waals surface area contributed by atoms with Crippen molar-refractivity contribution in [1.82, 2.24) is 10.3 Å². The van der Waals surface area contributed by atoms with E-state index in [-0.39, 0.29) is 12.3 Å². The highest BCUT2D eigenvalue weighted by Gasteiger charge is 2.29. The van der Waals surface area contributed by atoms with Gasteiger partial charge in [-0.3, -0.25) is 14.4 Å². The molecule has 0 bridgehead atoms. The van der Waals surface area contributed by atoms with E-state index in [0.717, 1.165) is 0 Å². The van der Waals surface area contributed by atoms with E-state index in [1.54, 1.807) is 6.92 Å². The van der Waals surface area contributed by atoms with Crippen molar-refractivity contribution in [2.24, 2.45) is 5.41 Å². The van der Waals surface area contributed by atoms with Crippen LogP contribution in [0.5, 0.6) is 0 Å². The monoisotopic (exact) mass is 294 g/mol. The molecule has 1 rings (SSSR count). The predicted octanol–water partition coefficient (Wildman–Crippen LogP) is 1.93. The molecule has 3 N–H and O–H groups in total. The first kappa shape index (κ1) is 16.9. The number of amides is 1. The van der Waals surface area contributed by atoms with E-state index >= 15 is 0 Å². The number of aryl methyl sites for hydroxylation is 1. The van der Waals surface area contributed by atoms with Gasteiger partial charge in [-0.15, -0.1) is 0 Å². The number of H-pyrrole nitrogens is 1. The Kier molecular flexibility index (Phi) is 4.93. The first-order valence-electron chi connectivity index (χ1n) is 6.85. The number of hydrogen-bond donors (Lipinski definition) is 3. The number of carboxylic acids is 1. The largest absolute Gasteiger partial charge is 0.481 e. The van der Waals surface area contributed by atoms with Crippen LogP contribution < -0.4 is 5.32 Å². The number of rotatable bonds is 6. The van der Waals surface area contributed by atoms with Crippen LogP contribution >= 0.6 is 0 Å². The summed E-state index contributed by atoms with van der Waals surface area (Å²) < 4.78 is 0. The van der Waals surface area contributed by atoms with Crippen LogP contribution in [0.15, 0.2) is 0 Å². The summed E-state index contributed by atoms with van der Waals surface area (Å²) in [6.07, 6.45) is 0.546. The molecule has 1 heterocycles. The molecule has 0 unspecified atom stereocenters. The molecule has 6 heteroatoms. The average molecular weight is 294 g/mol. The Morgan fingerprint density at radius 1 is 1.29 bits per heavy atom. The fourth-order valence-electron chi connectivity index (χ4n) is 2.17. The van der Waals surface area contributed by atoms with E-state index < -0.39 is 17.3 Å². The Morgan fingerprint density at radius 3 is 2.29 bits per heavy atom. The van der Waals surface area contributed by atoms with Crippen LogP contribution in [0.2, 0.25) is 0 Å². The number of aliphatic carboxylic acids is 1. The number of ketones is 1. The molecule has 0 aliphatic rings. The maximum atomic E-state index is 12.2. The molecular weight excluding hydrogens is 272 g/mol. The molecular formula is C15H22N2O4. The lowest BCUT2D eigenvalue weighted by atomic mass is 9.94. The first-order chi connectivity index (χ1) is 9.61. The van der Waals surface area contributed by atoms with Gasteiger partial charge < -0.3 is 15.4 Å². The second kappa shape index (κ2) is 6.11. The van der Waals surface area contributed by atoms with Crippen molar-refractivity contribution >= 4 is 17.7 Å². The number of nitrogens with one attached hydrogen (secondary N) is 2. The quantitative estimate of drug-likeness (QED) is 0.698. The minimum absolute atomic E-state index is 0.0117. The summed E-state index contributed by atoms with van der Waals surface area (Å²) in [5, 5.41) is 11.7. The summed E-state index contributed by atoms with van der Waals surface area (Å²) >= 11 is 0. The molecule has 0 aliphatic heterocycles. The summed E-state index contributed by atoms with van der Waals surface area (Å²) in [4.78, 5) is 37.9. The molecule has 0 aromatic carbocycles. The number of aromatic nitrogens is 1. The first-order valence-corrected chi connectivity index (χ1v) is 6.85. The fourth-order valence-corrected chi connectivity index (χ4v) is 2.17. The molecule has 0 atom stereocenters. The maximum absolute atomic E-state index is 12.2. The Labute approximate surface area is 123 Å². The number of aromatic amines is 1. The number of carboxylic acid groups (broad SMARTS) is 1. The maximum Gasteiger partial charge on any atom is 0.310 e. The Bertz CT molecular complexity index is 585. The Hall–Kier alpha value is -2.11. The zero-order chi connectivity index (χ0) is 16.4. The molecule has 0 aliphatic carbocycles. The van der Waals surface area contributed by atoms with Gasteiger partial charge in [0.05, 0.1) is 5.41 Å². The smallest absolute Gasteiger partial charge is 0.310 e. The molecule has 1 aromatic heterocycles. The minimum Gasteiger partial charge on any atom is -0.481 e. The van der Waals surface area contributed by atoms with Crippen molar-refractivity contribution in [2.75, 3.05) is 6.54 Å². The molecule has 1 aromatic rings. The van der Waals surface area contributed by atoms with Gasteiger partial charge in [0.15, 0.2) is 5.78 Å². The fraction of sp³-hybridized carbons (Fsp3) is 0.533. The van der Waals surface area contributed by atoms with Gasteiger partial charge in [-0.1, -0.05) is 6.92 Å². The number of hydrogen-bond acceptors (Lipinski definition) is 3. The van der Waals surface area contributed by atoms with Gasteiger partial charge in [0, 0.05) is 17.8 Å². The summed E-state index contributed by atoms with van der Waals surface area (Å²) in [5.41, 5.74) is 1.15. The highest BCUT2D eigenvalue weighted by atomic mass is 16.4. The summed E-state index contributed by atoms with van der Waals surface area (Å²) in [6.45, 7) is 8.16. The standard InChI is InChI=1S/C15H22N2O4/c1-6-10-11(9(3)18)8(2)17-12(10)13(19)16-7-15(4,5)14(20)21/h17H,6-7H2,1-5H3,(H,16,19)(H,20,21). The van der Waals surface area contributed by atoms with E-state index in [1.165, 1.54) is 20.8 Å². The van der Waals surface area contributed by atoms with Gasteiger partial charge in [-0.05, 0) is 39.7 Å². The van der Waals surface area contributed by atoms with Gasteiger partial charge in [-0.2, -0.15) is 0 Å². The van der Waals surface area contributed by atoms with E-state index in [0.29, 0.717) is 28.9 Å². The van der Waals surface area contributed by atoms with Gasteiger partial charge in [0.25, 0.3) is 5.91 Å². The lowest BCUT2D eigenvalue weighted by molar-refractivity contribution is -0.146. The van der Waals surface area contributed by atoms with Crippen molar-refractivity contribution in [2.45, 2.75) is 41.0 Å². The highest BCUT2D eigenvalue weighted by molar-refractivity contribution is 6.02. The summed E-state index contributed by atoms with van der Waals surface area (Å²) in [7, 11) is 0. The zero-order valence-corrected chi connectivity index (χ0v) is 13.1. The summed E-state index contributed by atoms with van der Waals surface area (Å²) in [5.74, 6) is -1.46. The normalized spacial score (nSPS) is 11.3. The van der Waals surface area contributed by atoms with Crippen LogP contribution in [-0.4, -0.2) is 34.3 Å². The van der Waals surface area contributed by atoms with Crippen molar-refractivity contribution < 1.29 is 19.5 Å². The van der Waals surface area contributed by atoms with Crippen molar-refractivity contribution in [3.63, 3.8) is 0 Å². The zero-order valence-electron chi connectivity index (χ0n) is 13.1. The Balaban J connectivity index is 3.02. The van der Waals surface area contributed by atoms with Crippen molar-refractivity contribution in [3.05, 3.63) is 22.5 Å². The second-order valence-electron chi connectivity index (χ2n) is 5.76. The van der Waals surface area contributed by atoms with Gasteiger partial charge in [0.2, 0.25) is 0 Å². The molecule has 0 saturated carbocycles. The van der Waals surface area contributed by atoms with E-state index in [2.05, 4.69) is 10.3 Å². The van der Waals surface area contributed by atoms with Crippen molar-refractivity contribution in [1.29, 1.82) is 0 Å². The molecule has 0 fully saturated rings. The molecule has 0 spiro atoms. The van der Waals surface area contributed by atoms with Crippen LogP contribution in [0.25, 0.3) is 0 Å². The van der Waals surface area contributed by atoms with Crippen LogP contribution in [0, 0.1) is 12.3 Å². The van der Waals surface area contributed by atoms with Gasteiger partial charge in [-0.25, -0.2) is 0 Å². The molecule has 21 heavy (non-hydrogen) atoms. The predicted molar refractivity (Wildman–Crippen MR) is 78.7 cm³/mol. The lowest BCUT2D eigenvalue weighted by Crippen LogP contribution is -2.39. The van der Waals surface area contributed by atoms with E-state index in [4.69, 9.17) is 5.11 Å². The van der Waals surface area contributed by atoms with Crippen LogP contribution in [0.3, 0.4) is 0 Å². The number of carbonyl (C=O) groups excluding carboxylic acids is 2. The molecule has 6 nitrogen and oxygen atoms in total. The molecule has 0 radical (unpaired) electrons. The van der Waals surface area contributed by atoms with Crippen molar-refractivity contribution in [3.8, 4) is 0 Å². The molecule has 0 saturated heterocycles. The Morgan fingerprint density at radius 2 is 1.86 bits per heavy atom. The topological polar surface area (TPSA) is 99.3 Å². The second-order valence-corrected chi connectivity index (χ2v) is 5.76. The van der Waals surface area contributed by atoms with Crippen LogP contribution in [0.1, 0.15) is 59.8 Å². The lowest BCUT2D eigenvalue weighted by Gasteiger charge is -2.19. The van der Waals surface area contributed by atoms with Gasteiger partial charge in [0.1, 0.15) is 5.69 Å². The van der Waals surface area contributed by atoms with Gasteiger partial charge >= 0.3 is 5.97 Å². The third-order valence-corrected chi connectivity index (χ3v) is 3.49. The summed E-state index contributed by atoms with van der Waals surface area (Å²) in [6, 6.07) is 0. The highest BCUT2D eigenvalue weighted by Crippen LogP contribution is 2.21. The molecule has 116 valence electrons. The van der Waals surface area contributed by atoms with E-state index in [9.17, 15) is 14.4 Å². The molecule has 1 amide bonds. The number of Topliss-reactive ketones (excluding diaryl/α,β-unsaturated/α-hetero) is 1. The SMILES string of the molecule is CCc1c(C(=O)NCC(C)(C)C(=O)O)[nH]c(C)c1C(C)=O. The van der Waals surface area contributed by atoms with Crippen LogP contribution in [0.4, 0.5) is 0 Å². The number of carbonyl (C=O) groups is 3. The third-order valence-electron chi connectivity index (χ3n) is 3.49. The van der Waals surface area contributed by atoms with E-state index in [1.807, 2.05) is 6.92 Å².